The molecular weight excluding hydrogens is 330 g/mol. The van der Waals surface area contributed by atoms with Gasteiger partial charge in [0.15, 0.2) is 5.82 Å². The van der Waals surface area contributed by atoms with Crippen molar-refractivity contribution in [3.05, 3.63) is 62.4 Å². The summed E-state index contributed by atoms with van der Waals surface area (Å²) < 4.78 is 3.02. The summed E-state index contributed by atoms with van der Waals surface area (Å²) in [7, 11) is 0. The third-order valence-corrected chi connectivity index (χ3v) is 4.60. The molecule has 1 aromatic heterocycles. The zero-order valence-corrected chi connectivity index (χ0v) is 13.7. The third-order valence-electron chi connectivity index (χ3n) is 4.41. The van der Waals surface area contributed by atoms with Crippen LogP contribution in [0.3, 0.4) is 0 Å². The van der Waals surface area contributed by atoms with Crippen LogP contribution in [0.25, 0.3) is 11.4 Å². The SMILES string of the molecule is CC1(n2c(=O)nc3n(Cc4cnc(Cl)nc4)cccc-3c2=O)CC1. The molecule has 0 aromatic carbocycles. The summed E-state index contributed by atoms with van der Waals surface area (Å²) in [5.74, 6) is 0.364. The van der Waals surface area contributed by atoms with Crippen molar-refractivity contribution in [2.45, 2.75) is 31.8 Å². The fourth-order valence-electron chi connectivity index (χ4n) is 2.81. The second-order valence-corrected chi connectivity index (χ2v) is 6.60. The predicted molar refractivity (Wildman–Crippen MR) is 88.4 cm³/mol. The molecule has 0 amide bonds. The number of aromatic nitrogens is 5. The van der Waals surface area contributed by atoms with Crippen molar-refractivity contribution in [3.8, 4) is 11.4 Å². The van der Waals surface area contributed by atoms with Crippen LogP contribution in [0, 0.1) is 0 Å². The quantitative estimate of drug-likeness (QED) is 0.673. The van der Waals surface area contributed by atoms with E-state index < -0.39 is 5.69 Å². The summed E-state index contributed by atoms with van der Waals surface area (Å²) >= 11 is 5.69. The van der Waals surface area contributed by atoms with Crippen molar-refractivity contribution >= 4 is 11.6 Å². The second kappa shape index (κ2) is 5.24. The van der Waals surface area contributed by atoms with Crippen LogP contribution in [0.2, 0.25) is 5.28 Å². The first-order chi connectivity index (χ1) is 11.5. The van der Waals surface area contributed by atoms with E-state index in [9.17, 15) is 9.59 Å². The molecule has 0 bridgehead atoms. The number of hydrogen-bond donors (Lipinski definition) is 0. The average Bonchev–Trinajstić information content (AvgIpc) is 3.28. The molecule has 0 radical (unpaired) electrons. The van der Waals surface area contributed by atoms with Gasteiger partial charge in [0.2, 0.25) is 5.28 Å². The number of pyridine rings is 1. The molecule has 3 heterocycles. The summed E-state index contributed by atoms with van der Waals surface area (Å²) in [6, 6.07) is 3.47. The first-order valence-corrected chi connectivity index (χ1v) is 7.95. The van der Waals surface area contributed by atoms with Gasteiger partial charge >= 0.3 is 5.69 Å². The van der Waals surface area contributed by atoms with Gasteiger partial charge in [0.05, 0.1) is 17.6 Å². The molecule has 1 saturated carbocycles. The largest absolute Gasteiger partial charge is 0.353 e. The van der Waals surface area contributed by atoms with Crippen LogP contribution in [0.5, 0.6) is 0 Å². The molecule has 122 valence electrons. The number of rotatable bonds is 3. The smallest absolute Gasteiger partial charge is 0.328 e. The number of halogens is 1. The Balaban J connectivity index is 1.85. The third kappa shape index (κ3) is 2.41. The van der Waals surface area contributed by atoms with E-state index in [0.717, 1.165) is 18.4 Å². The molecule has 2 aliphatic heterocycles. The highest BCUT2D eigenvalue weighted by Crippen LogP contribution is 2.40. The van der Waals surface area contributed by atoms with Crippen molar-refractivity contribution in [3.63, 3.8) is 0 Å². The van der Waals surface area contributed by atoms with E-state index in [4.69, 9.17) is 11.6 Å². The first-order valence-electron chi connectivity index (χ1n) is 7.57. The van der Waals surface area contributed by atoms with Crippen LogP contribution in [0.15, 0.2) is 40.3 Å². The van der Waals surface area contributed by atoms with Gasteiger partial charge in [0.1, 0.15) is 0 Å². The minimum atomic E-state index is -0.500. The monoisotopic (exact) mass is 343 g/mol. The van der Waals surface area contributed by atoms with E-state index in [1.165, 1.54) is 4.57 Å². The van der Waals surface area contributed by atoms with Gasteiger partial charge < -0.3 is 4.57 Å². The molecule has 0 atom stereocenters. The molecule has 3 aliphatic rings. The van der Waals surface area contributed by atoms with Gasteiger partial charge in [0, 0.05) is 24.2 Å². The van der Waals surface area contributed by atoms with E-state index in [2.05, 4.69) is 15.0 Å². The molecule has 4 rings (SSSR count). The Labute approximate surface area is 141 Å². The minimum Gasteiger partial charge on any atom is -0.328 e. The Morgan fingerprint density at radius 2 is 1.96 bits per heavy atom. The van der Waals surface area contributed by atoms with Crippen molar-refractivity contribution in [2.75, 3.05) is 0 Å². The lowest BCUT2D eigenvalue weighted by atomic mass is 10.2. The maximum Gasteiger partial charge on any atom is 0.353 e. The van der Waals surface area contributed by atoms with Gasteiger partial charge in [-0.1, -0.05) is 0 Å². The van der Waals surface area contributed by atoms with Crippen LogP contribution in [0.4, 0.5) is 0 Å². The van der Waals surface area contributed by atoms with Gasteiger partial charge in [-0.15, -0.1) is 0 Å². The van der Waals surface area contributed by atoms with Crippen molar-refractivity contribution in [1.82, 2.24) is 24.1 Å². The molecule has 8 heteroatoms. The Kier molecular flexibility index (Phi) is 3.28. The first kappa shape index (κ1) is 15.0. The van der Waals surface area contributed by atoms with E-state index in [1.807, 2.05) is 6.92 Å². The molecule has 0 unspecified atom stereocenters. The van der Waals surface area contributed by atoms with Crippen molar-refractivity contribution in [1.29, 1.82) is 0 Å². The fourth-order valence-corrected chi connectivity index (χ4v) is 2.91. The maximum atomic E-state index is 12.8. The summed E-state index contributed by atoms with van der Waals surface area (Å²) in [6.45, 7) is 2.30. The van der Waals surface area contributed by atoms with E-state index in [1.54, 1.807) is 35.3 Å². The summed E-state index contributed by atoms with van der Waals surface area (Å²) in [6.07, 6.45) is 6.62. The lowest BCUT2D eigenvalue weighted by Crippen LogP contribution is -2.43. The van der Waals surface area contributed by atoms with Gasteiger partial charge in [-0.05, 0) is 43.5 Å². The molecule has 0 spiro atoms. The fraction of sp³-hybridized carbons (Fsp3) is 0.312. The number of fused-ring (bicyclic) bond motifs is 1. The van der Waals surface area contributed by atoms with Gasteiger partial charge in [-0.2, -0.15) is 4.98 Å². The van der Waals surface area contributed by atoms with E-state index >= 15 is 0 Å². The molecule has 1 aromatic rings. The number of hydrogen-bond acceptors (Lipinski definition) is 5. The van der Waals surface area contributed by atoms with Crippen LogP contribution < -0.4 is 11.2 Å². The highest BCUT2D eigenvalue weighted by molar-refractivity contribution is 6.28. The van der Waals surface area contributed by atoms with Gasteiger partial charge in [-0.25, -0.2) is 14.8 Å². The molecule has 24 heavy (non-hydrogen) atoms. The standard InChI is InChI=1S/C16H14ClN5O2/c1-16(4-5-16)22-13(23)11-3-2-6-21(12(11)20-15(22)24)9-10-7-18-14(17)19-8-10/h2-3,6-8H,4-5,9H2,1H3. The Hall–Kier alpha value is -2.54. The normalized spacial score (nSPS) is 15.6. The molecule has 1 fully saturated rings. The summed E-state index contributed by atoms with van der Waals surface area (Å²) in [5, 5.41) is 0.169. The van der Waals surface area contributed by atoms with E-state index in [0.29, 0.717) is 17.9 Å². The van der Waals surface area contributed by atoms with E-state index in [-0.39, 0.29) is 16.4 Å². The molecule has 0 N–H and O–H groups in total. The molecule has 7 nitrogen and oxygen atoms in total. The molecule has 1 aliphatic carbocycles. The summed E-state index contributed by atoms with van der Waals surface area (Å²) in [5.41, 5.74) is 0.0520. The maximum absolute atomic E-state index is 12.8. The lowest BCUT2D eigenvalue weighted by Gasteiger charge is -2.17. The van der Waals surface area contributed by atoms with Crippen LogP contribution in [-0.2, 0) is 12.1 Å². The van der Waals surface area contributed by atoms with Gasteiger partial charge in [-0.3, -0.25) is 9.36 Å². The van der Waals surface area contributed by atoms with Crippen LogP contribution in [-0.4, -0.2) is 24.1 Å². The highest BCUT2D eigenvalue weighted by atomic mass is 35.5. The zero-order chi connectivity index (χ0) is 16.9. The predicted octanol–water partition coefficient (Wildman–Crippen LogP) is 1.51. The van der Waals surface area contributed by atoms with Crippen LogP contribution >= 0.6 is 11.6 Å². The Morgan fingerprint density at radius 3 is 2.62 bits per heavy atom. The topological polar surface area (TPSA) is 82.7 Å². The Bertz CT molecular complexity index is 1000. The van der Waals surface area contributed by atoms with Crippen molar-refractivity contribution in [2.24, 2.45) is 0 Å². The van der Waals surface area contributed by atoms with Crippen molar-refractivity contribution < 1.29 is 0 Å². The number of nitrogens with zero attached hydrogens (tertiary/aromatic N) is 5. The minimum absolute atomic E-state index is 0.169. The van der Waals surface area contributed by atoms with Crippen LogP contribution in [0.1, 0.15) is 25.3 Å². The second-order valence-electron chi connectivity index (χ2n) is 6.27. The molecular formula is C16H14ClN5O2. The Morgan fingerprint density at radius 1 is 1.25 bits per heavy atom. The zero-order valence-electron chi connectivity index (χ0n) is 12.9. The lowest BCUT2D eigenvalue weighted by molar-refractivity contribution is 0.484. The average molecular weight is 344 g/mol. The summed E-state index contributed by atoms with van der Waals surface area (Å²) in [4.78, 5) is 37.2. The molecule has 0 saturated heterocycles. The van der Waals surface area contributed by atoms with Gasteiger partial charge in [0.25, 0.3) is 5.56 Å². The highest BCUT2D eigenvalue weighted by Gasteiger charge is 2.42.